The van der Waals surface area contributed by atoms with Crippen molar-refractivity contribution in [2.24, 2.45) is 5.92 Å². The number of hydrogen-bond donors (Lipinski definition) is 1. The van der Waals surface area contributed by atoms with Gasteiger partial charge in [0.25, 0.3) is 5.89 Å². The molecule has 0 unspecified atom stereocenters. The number of hydrogen-bond acceptors (Lipinski definition) is 5. The molecule has 0 radical (unpaired) electrons. The normalized spacial score (nSPS) is 23.5. The van der Waals surface area contributed by atoms with Crippen LogP contribution in [0, 0.1) is 5.92 Å². The molecule has 6 nitrogen and oxygen atoms in total. The number of benzene rings is 2. The van der Waals surface area contributed by atoms with Gasteiger partial charge in [-0.3, -0.25) is 0 Å². The van der Waals surface area contributed by atoms with Gasteiger partial charge in [0.2, 0.25) is 5.82 Å². The van der Waals surface area contributed by atoms with Crippen molar-refractivity contribution in [1.82, 2.24) is 10.1 Å². The van der Waals surface area contributed by atoms with Crippen LogP contribution >= 0.6 is 0 Å². The number of aromatic nitrogens is 2. The second-order valence-corrected chi connectivity index (χ2v) is 10.1. The van der Waals surface area contributed by atoms with E-state index in [2.05, 4.69) is 25.1 Å². The van der Waals surface area contributed by atoms with Gasteiger partial charge in [-0.25, -0.2) is 0 Å². The van der Waals surface area contributed by atoms with Crippen LogP contribution in [0.2, 0.25) is 0 Å². The van der Waals surface area contributed by atoms with Crippen molar-refractivity contribution < 1.29 is 31.3 Å². The van der Waals surface area contributed by atoms with Crippen LogP contribution < -0.4 is 12.4 Å². The van der Waals surface area contributed by atoms with Crippen molar-refractivity contribution in [3.8, 4) is 0 Å². The molecule has 35 heavy (non-hydrogen) atoms. The molecule has 186 valence electrons. The van der Waals surface area contributed by atoms with Crippen molar-refractivity contribution >= 4 is 0 Å². The third-order valence-corrected chi connectivity index (χ3v) is 7.49. The number of allylic oxidation sites excluding steroid dienone is 1. The van der Waals surface area contributed by atoms with E-state index in [0.717, 1.165) is 24.1 Å². The Balaban J connectivity index is 0.00000289. The number of ether oxygens (including phenoxy) is 1. The maximum absolute atomic E-state index is 11.9. The second kappa shape index (κ2) is 10.6. The van der Waals surface area contributed by atoms with Crippen LogP contribution in [0.25, 0.3) is 0 Å². The molecular weight excluding hydrogens is 462 g/mol. The summed E-state index contributed by atoms with van der Waals surface area (Å²) >= 11 is 0. The fourth-order valence-electron chi connectivity index (χ4n) is 5.51. The maximum Gasteiger partial charge on any atom is 0.282 e. The van der Waals surface area contributed by atoms with E-state index >= 15 is 0 Å². The molecular formula is C28H34ClN3O3. The largest absolute Gasteiger partial charge is 1.00 e. The first-order valence-electron chi connectivity index (χ1n) is 12.3. The Morgan fingerprint density at radius 2 is 1.66 bits per heavy atom. The molecule has 1 aromatic heterocycles. The summed E-state index contributed by atoms with van der Waals surface area (Å²) in [6.07, 6.45) is 4.75. The molecule has 0 spiro atoms. The lowest BCUT2D eigenvalue weighted by Gasteiger charge is -2.51. The van der Waals surface area contributed by atoms with E-state index in [1.807, 2.05) is 60.7 Å². The summed E-state index contributed by atoms with van der Waals surface area (Å²) in [6, 6.07) is 19.1. The molecule has 3 aliphatic heterocycles. The molecule has 4 heterocycles. The summed E-state index contributed by atoms with van der Waals surface area (Å²) in [7, 11) is 0. The van der Waals surface area contributed by atoms with E-state index in [1.54, 1.807) is 0 Å². The predicted molar refractivity (Wildman–Crippen MR) is 130 cm³/mol. The standard InChI is InChI=1S/C28H34N3O3.ClH/c1-21(2)15-18-33-25-19-31(16-13-22(25)14-17-31)20-26-29-27(30-34-26)28(32,23-9-5-3-6-10-23)24-11-7-4-8-12-24;/h3-12,15,22,25,32H,13-14,16-20H2,1-2H3;1H/q+1;/p-1/t22?,25-,31?;/m0./s1. The summed E-state index contributed by atoms with van der Waals surface area (Å²) < 4.78 is 12.9. The zero-order valence-corrected chi connectivity index (χ0v) is 21.2. The summed E-state index contributed by atoms with van der Waals surface area (Å²) in [5.41, 5.74) is 1.24. The lowest BCUT2D eigenvalue weighted by molar-refractivity contribution is -0.959. The molecule has 3 saturated heterocycles. The van der Waals surface area contributed by atoms with Gasteiger partial charge in [0, 0.05) is 18.8 Å². The molecule has 3 aliphatic rings. The lowest BCUT2D eigenvalue weighted by Crippen LogP contribution is -3.00. The highest BCUT2D eigenvalue weighted by Gasteiger charge is 2.48. The molecule has 0 saturated carbocycles. The highest BCUT2D eigenvalue weighted by molar-refractivity contribution is 5.41. The minimum Gasteiger partial charge on any atom is -1.00 e. The van der Waals surface area contributed by atoms with Crippen molar-refractivity contribution in [3.05, 3.63) is 95.2 Å². The first-order chi connectivity index (χ1) is 16.5. The minimum absolute atomic E-state index is 0. The Bertz CT molecular complexity index is 1080. The Morgan fingerprint density at radius 3 is 2.23 bits per heavy atom. The smallest absolute Gasteiger partial charge is 0.282 e. The Hall–Kier alpha value is -2.51. The number of piperidine rings is 3. The predicted octanol–water partition coefficient (Wildman–Crippen LogP) is 1.45. The number of quaternary nitrogens is 1. The van der Waals surface area contributed by atoms with Gasteiger partial charge in [0.1, 0.15) is 12.6 Å². The Morgan fingerprint density at radius 1 is 1.06 bits per heavy atom. The van der Waals surface area contributed by atoms with Crippen LogP contribution in [0.3, 0.4) is 0 Å². The zero-order valence-electron chi connectivity index (χ0n) is 20.4. The van der Waals surface area contributed by atoms with Crippen LogP contribution in [0.15, 0.2) is 76.8 Å². The summed E-state index contributed by atoms with van der Waals surface area (Å²) in [5.74, 6) is 1.50. The van der Waals surface area contributed by atoms with Gasteiger partial charge in [0.05, 0.1) is 19.7 Å². The van der Waals surface area contributed by atoms with Gasteiger partial charge in [-0.2, -0.15) is 4.98 Å². The van der Waals surface area contributed by atoms with E-state index in [9.17, 15) is 5.11 Å². The van der Waals surface area contributed by atoms with Gasteiger partial charge >= 0.3 is 0 Å². The molecule has 2 bridgehead atoms. The minimum atomic E-state index is -1.48. The molecule has 3 aromatic rings. The highest BCUT2D eigenvalue weighted by Crippen LogP contribution is 2.38. The van der Waals surface area contributed by atoms with E-state index in [-0.39, 0.29) is 24.3 Å². The summed E-state index contributed by atoms with van der Waals surface area (Å²) in [6.45, 7) is 8.73. The quantitative estimate of drug-likeness (QED) is 0.378. The first-order valence-corrected chi connectivity index (χ1v) is 12.3. The molecule has 0 amide bonds. The number of rotatable bonds is 8. The van der Waals surface area contributed by atoms with Crippen LogP contribution in [-0.4, -0.2) is 52.1 Å². The van der Waals surface area contributed by atoms with Crippen molar-refractivity contribution in [3.63, 3.8) is 0 Å². The first kappa shape index (κ1) is 25.6. The molecule has 7 heteroatoms. The van der Waals surface area contributed by atoms with Gasteiger partial charge < -0.3 is 31.3 Å². The molecule has 1 atom stereocenters. The van der Waals surface area contributed by atoms with Crippen LogP contribution in [0.4, 0.5) is 0 Å². The van der Waals surface area contributed by atoms with Crippen LogP contribution in [0.5, 0.6) is 0 Å². The number of fused-ring (bicyclic) bond motifs is 3. The van der Waals surface area contributed by atoms with Crippen molar-refractivity contribution in [2.45, 2.75) is 44.9 Å². The highest BCUT2D eigenvalue weighted by atomic mass is 35.5. The number of aliphatic hydroxyl groups is 1. The third kappa shape index (κ3) is 5.21. The molecule has 0 aliphatic carbocycles. The van der Waals surface area contributed by atoms with Crippen LogP contribution in [0.1, 0.15) is 49.5 Å². The average Bonchev–Trinajstić information content (AvgIpc) is 3.33. The van der Waals surface area contributed by atoms with E-state index in [1.165, 1.54) is 18.4 Å². The topological polar surface area (TPSA) is 68.4 Å². The van der Waals surface area contributed by atoms with Gasteiger partial charge in [-0.15, -0.1) is 0 Å². The van der Waals surface area contributed by atoms with Gasteiger partial charge in [-0.05, 0) is 25.0 Å². The molecule has 2 aromatic carbocycles. The maximum atomic E-state index is 11.9. The zero-order chi connectivity index (χ0) is 23.6. The van der Waals surface area contributed by atoms with Gasteiger partial charge in [-0.1, -0.05) is 77.5 Å². The monoisotopic (exact) mass is 495 g/mol. The number of nitrogens with zero attached hydrogens (tertiary/aromatic N) is 3. The van der Waals surface area contributed by atoms with E-state index in [0.29, 0.717) is 36.1 Å². The van der Waals surface area contributed by atoms with E-state index < -0.39 is 5.60 Å². The fraction of sp³-hybridized carbons (Fsp3) is 0.429. The summed E-state index contributed by atoms with van der Waals surface area (Å²) in [5, 5.41) is 16.2. The second-order valence-electron chi connectivity index (χ2n) is 10.1. The van der Waals surface area contributed by atoms with E-state index in [4.69, 9.17) is 14.2 Å². The SMILES string of the molecule is CC(C)=CCO[C@H]1C[N+]2(Cc3nc(C(O)(c4ccccc4)c4ccccc4)no3)CCC1CC2.[Cl-]. The number of halogens is 1. The Kier molecular flexibility index (Phi) is 7.77. The summed E-state index contributed by atoms with van der Waals surface area (Å²) in [4.78, 5) is 4.76. The Labute approximate surface area is 213 Å². The fourth-order valence-corrected chi connectivity index (χ4v) is 5.51. The molecule has 6 rings (SSSR count). The third-order valence-electron chi connectivity index (χ3n) is 7.49. The molecule has 1 N–H and O–H groups in total. The van der Waals surface area contributed by atoms with Crippen LogP contribution in [-0.2, 0) is 16.9 Å². The molecule has 3 fully saturated rings. The van der Waals surface area contributed by atoms with Crippen molar-refractivity contribution in [2.75, 3.05) is 26.2 Å². The lowest BCUT2D eigenvalue weighted by atomic mass is 9.83. The van der Waals surface area contributed by atoms with Crippen molar-refractivity contribution in [1.29, 1.82) is 0 Å². The average molecular weight is 496 g/mol. The van der Waals surface area contributed by atoms with Gasteiger partial charge in [0.15, 0.2) is 12.1 Å².